The first-order valence-corrected chi connectivity index (χ1v) is 9.37. The zero-order chi connectivity index (χ0) is 19.2. The van der Waals surface area contributed by atoms with Crippen LogP contribution in [0, 0.1) is 0 Å². The Bertz CT molecular complexity index is 952. The third kappa shape index (κ3) is 4.59. The highest BCUT2D eigenvalue weighted by molar-refractivity contribution is 7.03. The van der Waals surface area contributed by atoms with Crippen molar-refractivity contribution >= 4 is 17.4 Å². The van der Waals surface area contributed by atoms with Crippen molar-refractivity contribution < 1.29 is 9.53 Å². The molecular formula is C19H20N4O3S. The molecular weight excluding hydrogens is 364 g/mol. The van der Waals surface area contributed by atoms with Crippen LogP contribution in [0.15, 0.2) is 52.8 Å². The van der Waals surface area contributed by atoms with Crippen LogP contribution in [0.3, 0.4) is 0 Å². The predicted octanol–water partition coefficient (Wildman–Crippen LogP) is 2.58. The number of hydrogen-bond acceptors (Lipinski definition) is 6. The average molecular weight is 384 g/mol. The summed E-state index contributed by atoms with van der Waals surface area (Å²) in [6.07, 6.45) is 2.20. The van der Waals surface area contributed by atoms with Crippen LogP contribution >= 0.6 is 11.5 Å². The molecule has 0 spiro atoms. The van der Waals surface area contributed by atoms with Gasteiger partial charge in [-0.2, -0.15) is 5.10 Å². The topological polar surface area (TPSA) is 86.1 Å². The van der Waals surface area contributed by atoms with E-state index in [1.165, 1.54) is 28.5 Å². The van der Waals surface area contributed by atoms with E-state index in [2.05, 4.69) is 14.8 Å². The second-order valence-electron chi connectivity index (χ2n) is 5.96. The maximum absolute atomic E-state index is 12.2. The van der Waals surface area contributed by atoms with Crippen molar-refractivity contribution in [3.8, 4) is 17.0 Å². The van der Waals surface area contributed by atoms with Crippen LogP contribution in [0.2, 0.25) is 0 Å². The summed E-state index contributed by atoms with van der Waals surface area (Å²) in [4.78, 5) is 24.5. The molecule has 0 aliphatic rings. The van der Waals surface area contributed by atoms with E-state index in [0.29, 0.717) is 24.2 Å². The van der Waals surface area contributed by atoms with Gasteiger partial charge in [-0.3, -0.25) is 9.59 Å². The summed E-state index contributed by atoms with van der Waals surface area (Å²) in [6.45, 7) is 2.25. The van der Waals surface area contributed by atoms with E-state index in [-0.39, 0.29) is 17.5 Å². The molecule has 0 aliphatic heterocycles. The Morgan fingerprint density at radius 1 is 1.26 bits per heavy atom. The summed E-state index contributed by atoms with van der Waals surface area (Å²) in [5.74, 6) is 0.554. The van der Waals surface area contributed by atoms with E-state index in [9.17, 15) is 9.59 Å². The summed E-state index contributed by atoms with van der Waals surface area (Å²) >= 11 is 1.22. The largest absolute Gasteiger partial charge is 0.497 e. The molecule has 0 saturated heterocycles. The molecule has 1 aromatic carbocycles. The fraction of sp³-hybridized carbons (Fsp3) is 0.263. The number of carbonyl (C=O) groups excluding carboxylic acids is 1. The third-order valence-corrected chi connectivity index (χ3v) is 4.75. The van der Waals surface area contributed by atoms with Gasteiger partial charge in [-0.05, 0) is 48.3 Å². The SMILES string of the molecule is CC[C@H](Cn1nc(-c2ccc(OC)cc2)ccc1=O)NC(=O)c1cnsc1. The Labute approximate surface area is 160 Å². The van der Waals surface area contributed by atoms with E-state index in [0.717, 1.165) is 11.3 Å². The smallest absolute Gasteiger partial charge is 0.266 e. The van der Waals surface area contributed by atoms with Gasteiger partial charge in [0, 0.05) is 23.1 Å². The average Bonchev–Trinajstić information content (AvgIpc) is 3.24. The molecule has 27 heavy (non-hydrogen) atoms. The van der Waals surface area contributed by atoms with Gasteiger partial charge in [0.1, 0.15) is 5.75 Å². The molecule has 1 amide bonds. The van der Waals surface area contributed by atoms with Crippen LogP contribution < -0.4 is 15.6 Å². The van der Waals surface area contributed by atoms with Gasteiger partial charge in [0.2, 0.25) is 0 Å². The van der Waals surface area contributed by atoms with Crippen molar-refractivity contribution in [1.82, 2.24) is 19.5 Å². The minimum Gasteiger partial charge on any atom is -0.497 e. The molecule has 0 fully saturated rings. The second kappa shape index (κ2) is 8.59. The molecule has 1 atom stereocenters. The first kappa shape index (κ1) is 18.8. The van der Waals surface area contributed by atoms with Gasteiger partial charge in [-0.25, -0.2) is 9.06 Å². The Balaban J connectivity index is 1.78. The van der Waals surface area contributed by atoms with Crippen LogP contribution in [-0.4, -0.2) is 33.2 Å². The monoisotopic (exact) mass is 384 g/mol. The Kier molecular flexibility index (Phi) is 5.97. The summed E-state index contributed by atoms with van der Waals surface area (Å²) in [5.41, 5.74) is 1.87. The molecule has 0 aliphatic carbocycles. The highest BCUT2D eigenvalue weighted by atomic mass is 32.1. The molecule has 2 aromatic heterocycles. The van der Waals surface area contributed by atoms with Crippen LogP contribution in [0.4, 0.5) is 0 Å². The van der Waals surface area contributed by atoms with Crippen LogP contribution in [0.1, 0.15) is 23.7 Å². The van der Waals surface area contributed by atoms with E-state index in [4.69, 9.17) is 4.74 Å². The lowest BCUT2D eigenvalue weighted by Gasteiger charge is -2.17. The summed E-state index contributed by atoms with van der Waals surface area (Å²) in [5, 5.41) is 9.08. The Hall–Kier alpha value is -3.00. The van der Waals surface area contributed by atoms with Gasteiger partial charge in [-0.15, -0.1) is 0 Å². The molecule has 0 unspecified atom stereocenters. The number of hydrogen-bond donors (Lipinski definition) is 1. The lowest BCUT2D eigenvalue weighted by molar-refractivity contribution is 0.0931. The number of nitrogens with zero attached hydrogens (tertiary/aromatic N) is 3. The van der Waals surface area contributed by atoms with Gasteiger partial charge >= 0.3 is 0 Å². The van der Waals surface area contributed by atoms with Crippen molar-refractivity contribution in [3.05, 3.63) is 63.9 Å². The standard InChI is InChI=1S/C19H20N4O3S/c1-3-15(21-19(25)14-10-20-27-12-14)11-23-18(24)9-8-17(22-23)13-4-6-16(26-2)7-5-13/h4-10,12,15H,3,11H2,1-2H3,(H,21,25)/t15-/m1/s1. The molecule has 7 nitrogen and oxygen atoms in total. The third-order valence-electron chi connectivity index (χ3n) is 4.17. The quantitative estimate of drug-likeness (QED) is 0.677. The number of methoxy groups -OCH3 is 1. The molecule has 3 rings (SSSR count). The summed E-state index contributed by atoms with van der Waals surface area (Å²) < 4.78 is 10.5. The molecule has 0 radical (unpaired) electrons. The van der Waals surface area contributed by atoms with Crippen molar-refractivity contribution in [2.24, 2.45) is 0 Å². The number of rotatable bonds is 7. The first-order valence-electron chi connectivity index (χ1n) is 8.53. The molecule has 2 heterocycles. The highest BCUT2D eigenvalue weighted by Gasteiger charge is 2.15. The number of aromatic nitrogens is 3. The molecule has 1 N–H and O–H groups in total. The normalized spacial score (nSPS) is 11.8. The lowest BCUT2D eigenvalue weighted by Crippen LogP contribution is -2.40. The summed E-state index contributed by atoms with van der Waals surface area (Å²) in [6, 6.07) is 10.4. The number of ether oxygens (including phenoxy) is 1. The number of nitrogens with one attached hydrogen (secondary N) is 1. The van der Waals surface area contributed by atoms with Crippen molar-refractivity contribution in [1.29, 1.82) is 0 Å². The fourth-order valence-electron chi connectivity index (χ4n) is 2.57. The Morgan fingerprint density at radius 2 is 2.04 bits per heavy atom. The van der Waals surface area contributed by atoms with E-state index in [1.54, 1.807) is 18.6 Å². The van der Waals surface area contributed by atoms with Crippen molar-refractivity contribution in [2.75, 3.05) is 7.11 Å². The van der Waals surface area contributed by atoms with Gasteiger partial charge in [0.05, 0.1) is 31.1 Å². The molecule has 3 aromatic rings. The van der Waals surface area contributed by atoms with E-state index >= 15 is 0 Å². The zero-order valence-corrected chi connectivity index (χ0v) is 15.9. The predicted molar refractivity (Wildman–Crippen MR) is 104 cm³/mol. The van der Waals surface area contributed by atoms with Crippen molar-refractivity contribution in [3.63, 3.8) is 0 Å². The van der Waals surface area contributed by atoms with Crippen LogP contribution in [0.25, 0.3) is 11.3 Å². The maximum atomic E-state index is 12.2. The van der Waals surface area contributed by atoms with Crippen LogP contribution in [0.5, 0.6) is 5.75 Å². The molecule has 0 bridgehead atoms. The van der Waals surface area contributed by atoms with Gasteiger partial charge < -0.3 is 10.1 Å². The van der Waals surface area contributed by atoms with Crippen LogP contribution in [-0.2, 0) is 6.54 Å². The number of amides is 1. The fourth-order valence-corrected chi connectivity index (χ4v) is 3.08. The maximum Gasteiger partial charge on any atom is 0.266 e. The number of carbonyl (C=O) groups is 1. The van der Waals surface area contributed by atoms with Gasteiger partial charge in [-0.1, -0.05) is 6.92 Å². The minimum atomic E-state index is -0.214. The highest BCUT2D eigenvalue weighted by Crippen LogP contribution is 2.19. The molecule has 140 valence electrons. The summed E-state index contributed by atoms with van der Waals surface area (Å²) in [7, 11) is 1.61. The van der Waals surface area contributed by atoms with Crippen molar-refractivity contribution in [2.45, 2.75) is 25.9 Å². The number of benzene rings is 1. The second-order valence-corrected chi connectivity index (χ2v) is 6.62. The molecule has 0 saturated carbocycles. The van der Waals surface area contributed by atoms with Gasteiger partial charge in [0.25, 0.3) is 11.5 Å². The first-order chi connectivity index (χ1) is 13.1. The van der Waals surface area contributed by atoms with E-state index < -0.39 is 0 Å². The molecule has 8 heteroatoms. The van der Waals surface area contributed by atoms with Gasteiger partial charge in [0.15, 0.2) is 0 Å². The minimum absolute atomic E-state index is 0.199. The zero-order valence-electron chi connectivity index (χ0n) is 15.1. The Morgan fingerprint density at radius 3 is 2.67 bits per heavy atom. The van der Waals surface area contributed by atoms with E-state index in [1.807, 2.05) is 31.2 Å². The lowest BCUT2D eigenvalue weighted by atomic mass is 10.1.